The van der Waals surface area contributed by atoms with Crippen LogP contribution in [0.3, 0.4) is 0 Å². The van der Waals surface area contributed by atoms with E-state index in [2.05, 4.69) is 51.8 Å². The maximum Gasteiger partial charge on any atom is 0.261 e. The van der Waals surface area contributed by atoms with E-state index in [-0.39, 0.29) is 32.5 Å². The lowest BCUT2D eigenvalue weighted by atomic mass is 10.3. The molecular formula is C14H10BrClFN7O3. The quantitative estimate of drug-likeness (QED) is 0.237. The van der Waals surface area contributed by atoms with E-state index in [4.69, 9.17) is 11.6 Å². The largest absolute Gasteiger partial charge is 0.409 e. The number of nitrogens with one attached hydrogen (secondary N) is 2. The first-order valence-corrected chi connectivity index (χ1v) is 8.33. The number of aromatic nitrogens is 4. The number of amides is 1. The van der Waals surface area contributed by atoms with Crippen molar-refractivity contribution in [2.45, 2.75) is 0 Å². The molecule has 0 radical (unpaired) electrons. The second-order valence-corrected chi connectivity index (χ2v) is 6.30. The van der Waals surface area contributed by atoms with Gasteiger partial charge in [-0.1, -0.05) is 16.8 Å². The molecule has 0 aliphatic carbocycles. The zero-order valence-electron chi connectivity index (χ0n) is 13.4. The number of halogens is 3. The third kappa shape index (κ3) is 3.90. The fourth-order valence-electron chi connectivity index (χ4n) is 2.02. The minimum absolute atomic E-state index is 0.0914. The van der Waals surface area contributed by atoms with Crippen molar-refractivity contribution >= 4 is 50.8 Å². The van der Waals surface area contributed by atoms with Gasteiger partial charge in [-0.25, -0.2) is 9.02 Å². The van der Waals surface area contributed by atoms with Gasteiger partial charge in [0.15, 0.2) is 5.69 Å². The molecular weight excluding hydrogens is 449 g/mol. The number of carbonyl (C=O) groups is 1. The zero-order valence-corrected chi connectivity index (χ0v) is 15.8. The molecule has 0 aliphatic rings. The van der Waals surface area contributed by atoms with E-state index in [0.29, 0.717) is 5.69 Å². The van der Waals surface area contributed by atoms with Gasteiger partial charge in [0.2, 0.25) is 11.7 Å². The Morgan fingerprint density at radius 1 is 1.41 bits per heavy atom. The summed E-state index contributed by atoms with van der Waals surface area (Å²) in [6.07, 6.45) is 1.28. The number of oxime groups is 1. The Morgan fingerprint density at radius 3 is 2.81 bits per heavy atom. The highest BCUT2D eigenvalue weighted by Crippen LogP contribution is 2.22. The highest BCUT2D eigenvalue weighted by molar-refractivity contribution is 9.10. The van der Waals surface area contributed by atoms with Crippen LogP contribution in [0.2, 0.25) is 5.15 Å². The van der Waals surface area contributed by atoms with Crippen LogP contribution < -0.4 is 10.6 Å². The summed E-state index contributed by atoms with van der Waals surface area (Å²) >= 11 is 9.02. The summed E-state index contributed by atoms with van der Waals surface area (Å²) in [5.41, 5.74) is 0.393. The fourth-order valence-corrected chi connectivity index (χ4v) is 2.57. The van der Waals surface area contributed by atoms with E-state index in [1.165, 1.54) is 29.1 Å². The van der Waals surface area contributed by atoms with Crippen LogP contribution in [0.1, 0.15) is 16.1 Å². The van der Waals surface area contributed by atoms with E-state index in [1.54, 1.807) is 7.05 Å². The number of rotatable bonds is 4. The van der Waals surface area contributed by atoms with Crippen molar-refractivity contribution in [3.05, 3.63) is 51.1 Å². The lowest BCUT2D eigenvalue weighted by molar-refractivity contribution is 0.102. The van der Waals surface area contributed by atoms with Crippen LogP contribution in [0.25, 0.3) is 0 Å². The van der Waals surface area contributed by atoms with Gasteiger partial charge in [-0.05, 0) is 44.4 Å². The van der Waals surface area contributed by atoms with Gasteiger partial charge >= 0.3 is 0 Å². The minimum atomic E-state index is -0.619. The highest BCUT2D eigenvalue weighted by atomic mass is 79.9. The van der Waals surface area contributed by atoms with Crippen molar-refractivity contribution in [2.24, 2.45) is 12.2 Å². The molecule has 3 rings (SSSR count). The SMILES string of the molecule is Cn1ncc(C(=O)Nc2nonc2/C(=N\O)Nc2ccc(F)c(Br)c2)c1Cl. The third-order valence-corrected chi connectivity index (χ3v) is 4.39. The lowest BCUT2D eigenvalue weighted by Crippen LogP contribution is -2.19. The molecule has 1 amide bonds. The van der Waals surface area contributed by atoms with Crippen molar-refractivity contribution in [2.75, 3.05) is 10.6 Å². The predicted molar refractivity (Wildman–Crippen MR) is 96.5 cm³/mol. The molecule has 3 N–H and O–H groups in total. The van der Waals surface area contributed by atoms with Gasteiger partial charge in [-0.2, -0.15) is 5.10 Å². The van der Waals surface area contributed by atoms with Crippen LogP contribution in [-0.4, -0.2) is 37.0 Å². The summed E-state index contributed by atoms with van der Waals surface area (Å²) in [6.45, 7) is 0. The van der Waals surface area contributed by atoms with E-state index in [1.807, 2.05) is 0 Å². The number of hydrogen-bond acceptors (Lipinski definition) is 7. The summed E-state index contributed by atoms with van der Waals surface area (Å²) in [4.78, 5) is 12.3. The molecule has 13 heteroatoms. The number of aryl methyl sites for hydroxylation is 1. The van der Waals surface area contributed by atoms with Crippen molar-refractivity contribution in [1.82, 2.24) is 20.1 Å². The van der Waals surface area contributed by atoms with Crippen LogP contribution >= 0.6 is 27.5 Å². The first-order valence-electron chi connectivity index (χ1n) is 7.16. The molecule has 2 heterocycles. The Balaban J connectivity index is 1.83. The second kappa shape index (κ2) is 7.72. The molecule has 0 saturated carbocycles. The first kappa shape index (κ1) is 18.8. The van der Waals surface area contributed by atoms with E-state index in [0.717, 1.165) is 0 Å². The lowest BCUT2D eigenvalue weighted by Gasteiger charge is -2.08. The van der Waals surface area contributed by atoms with Gasteiger partial charge in [-0.3, -0.25) is 9.48 Å². The standard InChI is InChI=1S/C14H10BrClFN7O3/c1-24-11(16)7(5-18-24)14(25)20-13-10(22-27-23-13)12(21-26)19-6-2-3-9(17)8(15)4-6/h2-5,26H,1H3,(H,19,21)(H,20,23,25). The van der Waals surface area contributed by atoms with Crippen molar-refractivity contribution in [1.29, 1.82) is 0 Å². The fraction of sp³-hybridized carbons (Fsp3) is 0.0714. The molecule has 1 aromatic carbocycles. The summed E-state index contributed by atoms with van der Waals surface area (Å²) < 4.78 is 19.5. The third-order valence-electron chi connectivity index (χ3n) is 3.34. The topological polar surface area (TPSA) is 130 Å². The van der Waals surface area contributed by atoms with E-state index in [9.17, 15) is 14.4 Å². The second-order valence-electron chi connectivity index (χ2n) is 5.09. The van der Waals surface area contributed by atoms with E-state index < -0.39 is 11.7 Å². The van der Waals surface area contributed by atoms with Crippen molar-refractivity contribution in [3.8, 4) is 0 Å². The number of amidine groups is 1. The smallest absolute Gasteiger partial charge is 0.261 e. The molecule has 0 atom stereocenters. The maximum absolute atomic E-state index is 13.3. The average molecular weight is 459 g/mol. The Hall–Kier alpha value is -2.99. The number of benzene rings is 1. The zero-order chi connectivity index (χ0) is 19.6. The molecule has 0 unspecified atom stereocenters. The van der Waals surface area contributed by atoms with Crippen LogP contribution in [0.15, 0.2) is 38.7 Å². The van der Waals surface area contributed by atoms with Crippen molar-refractivity contribution < 1.29 is 19.0 Å². The monoisotopic (exact) mass is 457 g/mol. The van der Waals surface area contributed by atoms with Crippen LogP contribution in [-0.2, 0) is 7.05 Å². The summed E-state index contributed by atoms with van der Waals surface area (Å²) in [7, 11) is 1.57. The number of hydrogen-bond donors (Lipinski definition) is 3. The Labute approximate surface area is 164 Å². The molecule has 0 aliphatic heterocycles. The van der Waals surface area contributed by atoms with Gasteiger partial charge in [0.25, 0.3) is 5.91 Å². The molecule has 3 aromatic rings. The first-order chi connectivity index (χ1) is 12.9. The summed E-state index contributed by atoms with van der Waals surface area (Å²) in [6, 6.07) is 4.03. The Morgan fingerprint density at radius 2 is 2.19 bits per heavy atom. The minimum Gasteiger partial charge on any atom is -0.409 e. The molecule has 140 valence electrons. The molecule has 0 fully saturated rings. The number of carbonyl (C=O) groups excluding carboxylic acids is 1. The molecule has 10 nitrogen and oxygen atoms in total. The number of nitrogens with zero attached hydrogens (tertiary/aromatic N) is 5. The van der Waals surface area contributed by atoms with Crippen molar-refractivity contribution in [3.63, 3.8) is 0 Å². The summed E-state index contributed by atoms with van der Waals surface area (Å²) in [5.74, 6) is -1.40. The van der Waals surface area contributed by atoms with Gasteiger partial charge in [-0.15, -0.1) is 0 Å². The normalized spacial score (nSPS) is 11.5. The van der Waals surface area contributed by atoms with Gasteiger partial charge in [0.05, 0.1) is 16.2 Å². The van der Waals surface area contributed by atoms with Crippen LogP contribution in [0.5, 0.6) is 0 Å². The van der Waals surface area contributed by atoms with Gasteiger partial charge < -0.3 is 15.8 Å². The number of anilines is 2. The predicted octanol–water partition coefficient (Wildman–Crippen LogP) is 2.86. The van der Waals surface area contributed by atoms with Gasteiger partial charge in [0.1, 0.15) is 11.0 Å². The van der Waals surface area contributed by atoms with Gasteiger partial charge in [0, 0.05) is 12.7 Å². The van der Waals surface area contributed by atoms with Crippen LogP contribution in [0, 0.1) is 5.82 Å². The molecule has 2 aromatic heterocycles. The molecule has 0 spiro atoms. The average Bonchev–Trinajstić information content (AvgIpc) is 3.23. The van der Waals surface area contributed by atoms with Crippen LogP contribution in [0.4, 0.5) is 15.9 Å². The molecule has 27 heavy (non-hydrogen) atoms. The maximum atomic E-state index is 13.3. The summed E-state index contributed by atoms with van der Waals surface area (Å²) in [5, 5.41) is 28.7. The Kier molecular flexibility index (Phi) is 5.37. The molecule has 0 saturated heterocycles. The van der Waals surface area contributed by atoms with E-state index >= 15 is 0 Å². The highest BCUT2D eigenvalue weighted by Gasteiger charge is 2.22. The molecule has 0 bridgehead atoms. The Bertz CT molecular complexity index is 1040.